The van der Waals surface area contributed by atoms with E-state index in [1.54, 1.807) is 19.2 Å². The summed E-state index contributed by atoms with van der Waals surface area (Å²) < 4.78 is 47.4. The highest BCUT2D eigenvalue weighted by atomic mass is 32.2. The van der Waals surface area contributed by atoms with Crippen LogP contribution in [0.15, 0.2) is 18.2 Å². The standard InChI is InChI=1S/C14H20FNO4S/c1-19-7-6-16-9-11-3-2-4-13(15)14(11)20-12-5-8-21(17,18)10-12/h2-4,12,16H,5-10H2,1H3. The normalized spacial score (nSPS) is 20.6. The number of rotatable bonds is 7. The van der Waals surface area contributed by atoms with E-state index in [0.717, 1.165) is 0 Å². The van der Waals surface area contributed by atoms with Crippen molar-refractivity contribution in [3.63, 3.8) is 0 Å². The Balaban J connectivity index is 2.03. The Morgan fingerprint density at radius 3 is 2.90 bits per heavy atom. The number of ether oxygens (including phenoxy) is 2. The fraction of sp³-hybridized carbons (Fsp3) is 0.571. The maximum atomic E-state index is 13.9. The number of para-hydroxylation sites is 1. The van der Waals surface area contributed by atoms with E-state index >= 15 is 0 Å². The van der Waals surface area contributed by atoms with Gasteiger partial charge in [0.2, 0.25) is 0 Å². The maximum Gasteiger partial charge on any atom is 0.165 e. The molecule has 0 aliphatic carbocycles. The van der Waals surface area contributed by atoms with Crippen LogP contribution in [0.2, 0.25) is 0 Å². The number of hydrogen-bond donors (Lipinski definition) is 1. The summed E-state index contributed by atoms with van der Waals surface area (Å²) in [4.78, 5) is 0. The molecular formula is C14H20FNO4S. The van der Waals surface area contributed by atoms with Crippen molar-refractivity contribution in [3.8, 4) is 5.75 Å². The summed E-state index contributed by atoms with van der Waals surface area (Å²) in [6.07, 6.45) is -0.0580. The SMILES string of the molecule is COCCNCc1cccc(F)c1OC1CCS(=O)(=O)C1. The molecule has 0 amide bonds. The zero-order valence-corrected chi connectivity index (χ0v) is 12.8. The van der Waals surface area contributed by atoms with Crippen LogP contribution in [-0.2, 0) is 21.1 Å². The first-order valence-corrected chi connectivity index (χ1v) is 8.68. The fourth-order valence-electron chi connectivity index (χ4n) is 2.24. The third-order valence-corrected chi connectivity index (χ3v) is 5.06. The van der Waals surface area contributed by atoms with Gasteiger partial charge in [-0.1, -0.05) is 12.1 Å². The number of nitrogens with one attached hydrogen (secondary N) is 1. The number of methoxy groups -OCH3 is 1. The van der Waals surface area contributed by atoms with Gasteiger partial charge in [-0.25, -0.2) is 12.8 Å². The lowest BCUT2D eigenvalue weighted by atomic mass is 10.2. The molecule has 1 aromatic carbocycles. The molecule has 0 radical (unpaired) electrons. The molecule has 1 aromatic rings. The van der Waals surface area contributed by atoms with E-state index in [2.05, 4.69) is 5.32 Å². The van der Waals surface area contributed by atoms with Gasteiger partial charge in [0.25, 0.3) is 0 Å². The Morgan fingerprint density at radius 1 is 1.43 bits per heavy atom. The molecule has 2 rings (SSSR count). The Hall–Kier alpha value is -1.18. The minimum Gasteiger partial charge on any atom is -0.486 e. The predicted molar refractivity (Wildman–Crippen MR) is 77.7 cm³/mol. The van der Waals surface area contributed by atoms with Crippen LogP contribution in [0.3, 0.4) is 0 Å². The molecule has 0 bridgehead atoms. The molecular weight excluding hydrogens is 297 g/mol. The third kappa shape index (κ3) is 4.66. The highest BCUT2D eigenvalue weighted by Gasteiger charge is 2.30. The molecule has 7 heteroatoms. The second-order valence-corrected chi connectivity index (χ2v) is 7.27. The minimum absolute atomic E-state index is 0.0438. The lowest BCUT2D eigenvalue weighted by molar-refractivity contribution is 0.197. The van der Waals surface area contributed by atoms with Gasteiger partial charge >= 0.3 is 0 Å². The first kappa shape index (κ1) is 16.2. The van der Waals surface area contributed by atoms with Crippen molar-refractivity contribution >= 4 is 9.84 Å². The summed E-state index contributed by atoms with van der Waals surface area (Å²) in [5.41, 5.74) is 0.676. The highest BCUT2D eigenvalue weighted by Crippen LogP contribution is 2.26. The molecule has 0 aromatic heterocycles. The van der Waals surface area contributed by atoms with Crippen molar-refractivity contribution in [2.45, 2.75) is 19.1 Å². The molecule has 1 atom stereocenters. The third-order valence-electron chi connectivity index (χ3n) is 3.32. The Morgan fingerprint density at radius 2 is 2.24 bits per heavy atom. The number of benzene rings is 1. The van der Waals surface area contributed by atoms with Crippen LogP contribution in [0.4, 0.5) is 4.39 Å². The van der Waals surface area contributed by atoms with Crippen molar-refractivity contribution in [2.75, 3.05) is 31.8 Å². The predicted octanol–water partition coefficient (Wildman–Crippen LogP) is 1.13. The second-order valence-electron chi connectivity index (χ2n) is 5.04. The van der Waals surface area contributed by atoms with Crippen LogP contribution in [0.25, 0.3) is 0 Å². The second kappa shape index (κ2) is 7.20. The fourth-order valence-corrected chi connectivity index (χ4v) is 3.83. The van der Waals surface area contributed by atoms with Crippen molar-refractivity contribution in [3.05, 3.63) is 29.6 Å². The first-order chi connectivity index (χ1) is 10.0. The van der Waals surface area contributed by atoms with E-state index < -0.39 is 21.8 Å². The molecule has 1 fully saturated rings. The number of hydrogen-bond acceptors (Lipinski definition) is 5. The maximum absolute atomic E-state index is 13.9. The molecule has 1 aliphatic rings. The Kier molecular flexibility index (Phi) is 5.55. The summed E-state index contributed by atoms with van der Waals surface area (Å²) in [6, 6.07) is 4.69. The molecule has 21 heavy (non-hydrogen) atoms. The van der Waals surface area contributed by atoms with Gasteiger partial charge in [-0.15, -0.1) is 0 Å². The zero-order chi connectivity index (χ0) is 15.3. The number of halogens is 1. The van der Waals surface area contributed by atoms with E-state index in [4.69, 9.17) is 9.47 Å². The largest absolute Gasteiger partial charge is 0.486 e. The van der Waals surface area contributed by atoms with E-state index in [9.17, 15) is 12.8 Å². The molecule has 1 heterocycles. The topological polar surface area (TPSA) is 64.6 Å². The van der Waals surface area contributed by atoms with Gasteiger partial charge in [-0.05, 0) is 12.5 Å². The van der Waals surface area contributed by atoms with E-state index in [0.29, 0.717) is 31.7 Å². The molecule has 1 saturated heterocycles. The van der Waals surface area contributed by atoms with E-state index in [1.165, 1.54) is 6.07 Å². The monoisotopic (exact) mass is 317 g/mol. The van der Waals surface area contributed by atoms with Crippen molar-refractivity contribution < 1.29 is 22.3 Å². The average molecular weight is 317 g/mol. The van der Waals surface area contributed by atoms with Crippen molar-refractivity contribution in [1.82, 2.24) is 5.32 Å². The van der Waals surface area contributed by atoms with Crippen LogP contribution >= 0.6 is 0 Å². The lowest BCUT2D eigenvalue weighted by Crippen LogP contribution is -2.22. The molecule has 0 saturated carbocycles. The van der Waals surface area contributed by atoms with Crippen LogP contribution < -0.4 is 10.1 Å². The summed E-state index contributed by atoms with van der Waals surface area (Å²) in [5, 5.41) is 3.12. The smallest absolute Gasteiger partial charge is 0.165 e. The lowest BCUT2D eigenvalue weighted by Gasteiger charge is -2.16. The van der Waals surface area contributed by atoms with Gasteiger partial charge < -0.3 is 14.8 Å². The molecule has 0 spiro atoms. The van der Waals surface area contributed by atoms with Crippen molar-refractivity contribution in [1.29, 1.82) is 0 Å². The Bertz CT molecular complexity index is 576. The number of sulfone groups is 1. The van der Waals surface area contributed by atoms with Gasteiger partial charge in [0.15, 0.2) is 21.4 Å². The van der Waals surface area contributed by atoms with Crippen LogP contribution in [0.1, 0.15) is 12.0 Å². The van der Waals surface area contributed by atoms with Crippen LogP contribution in [-0.4, -0.2) is 46.3 Å². The first-order valence-electron chi connectivity index (χ1n) is 6.86. The summed E-state index contributed by atoms with van der Waals surface area (Å²) in [6.45, 7) is 1.65. The molecule has 1 N–H and O–H groups in total. The summed E-state index contributed by atoms with van der Waals surface area (Å²) in [5.74, 6) is -0.263. The van der Waals surface area contributed by atoms with Gasteiger partial charge in [0.05, 0.1) is 18.1 Å². The summed E-state index contributed by atoms with van der Waals surface area (Å²) in [7, 11) is -1.44. The Labute approximate surface area is 124 Å². The van der Waals surface area contributed by atoms with E-state index in [1.807, 2.05) is 0 Å². The quantitative estimate of drug-likeness (QED) is 0.764. The van der Waals surface area contributed by atoms with Crippen molar-refractivity contribution in [2.24, 2.45) is 0 Å². The molecule has 118 valence electrons. The van der Waals surface area contributed by atoms with Gasteiger partial charge in [-0.3, -0.25) is 0 Å². The van der Waals surface area contributed by atoms with Gasteiger partial charge in [-0.2, -0.15) is 0 Å². The summed E-state index contributed by atoms with van der Waals surface area (Å²) >= 11 is 0. The van der Waals surface area contributed by atoms with Gasteiger partial charge in [0.1, 0.15) is 6.10 Å². The highest BCUT2D eigenvalue weighted by molar-refractivity contribution is 7.91. The minimum atomic E-state index is -3.05. The van der Waals surface area contributed by atoms with E-state index in [-0.39, 0.29) is 17.3 Å². The van der Waals surface area contributed by atoms with Crippen LogP contribution in [0.5, 0.6) is 5.75 Å². The zero-order valence-electron chi connectivity index (χ0n) is 12.0. The average Bonchev–Trinajstić information content (AvgIpc) is 2.77. The molecule has 1 aliphatic heterocycles. The van der Waals surface area contributed by atoms with Gasteiger partial charge in [0, 0.05) is 25.8 Å². The van der Waals surface area contributed by atoms with Crippen LogP contribution in [0, 0.1) is 5.82 Å². The molecule has 5 nitrogen and oxygen atoms in total. The molecule has 1 unspecified atom stereocenters.